The van der Waals surface area contributed by atoms with Gasteiger partial charge in [-0.1, -0.05) is 13.0 Å². The third-order valence-electron chi connectivity index (χ3n) is 4.04. The number of hydrogen-bond donors (Lipinski definition) is 2. The van der Waals surface area contributed by atoms with Crippen LogP contribution in [0, 0.1) is 0 Å². The van der Waals surface area contributed by atoms with Crippen molar-refractivity contribution in [1.29, 1.82) is 0 Å². The molecule has 2 N–H and O–H groups in total. The highest BCUT2D eigenvalue weighted by Crippen LogP contribution is 2.18. The Kier molecular flexibility index (Phi) is 5.85. The molecule has 2 aromatic rings. The fraction of sp³-hybridized carbons (Fsp3) is 0.368. The van der Waals surface area contributed by atoms with Crippen molar-refractivity contribution in [3.63, 3.8) is 0 Å². The molecular formula is C19H24N4O2. The van der Waals surface area contributed by atoms with Crippen molar-refractivity contribution in [2.24, 2.45) is 0 Å². The van der Waals surface area contributed by atoms with Gasteiger partial charge in [-0.15, -0.1) is 0 Å². The summed E-state index contributed by atoms with van der Waals surface area (Å²) in [6, 6.07) is 11.0. The molecule has 1 aromatic heterocycles. The number of hydrogen-bond acceptors (Lipinski definition) is 5. The molecule has 2 heterocycles. The molecule has 25 heavy (non-hydrogen) atoms. The molecule has 0 bridgehead atoms. The number of carbonyl (C=O) groups is 1. The first kappa shape index (κ1) is 17.2. The molecule has 1 aliphatic rings. The largest absolute Gasteiger partial charge is 0.494 e. The van der Waals surface area contributed by atoms with Gasteiger partial charge in [0.1, 0.15) is 11.6 Å². The number of nitrogens with zero attached hydrogens (tertiary/aromatic N) is 2. The Labute approximate surface area is 148 Å². The molecule has 1 fully saturated rings. The summed E-state index contributed by atoms with van der Waals surface area (Å²) in [5, 5.41) is 6.16. The maximum Gasteiger partial charge on any atom is 0.256 e. The van der Waals surface area contributed by atoms with Crippen LogP contribution in [0.15, 0.2) is 42.6 Å². The average Bonchev–Trinajstić information content (AvgIpc) is 2.68. The standard InChI is InChI=1S/C19H24N4O2/c1-2-12-25-17-5-3-4-15(13-17)19(24)22-18-7-6-16(14-21-18)23-10-8-20-9-11-23/h3-7,13-14,20H,2,8-12H2,1H3,(H,21,22,24). The van der Waals surface area contributed by atoms with Crippen LogP contribution >= 0.6 is 0 Å². The lowest BCUT2D eigenvalue weighted by Crippen LogP contribution is -2.43. The van der Waals surface area contributed by atoms with E-state index in [1.807, 2.05) is 37.4 Å². The summed E-state index contributed by atoms with van der Waals surface area (Å²) in [4.78, 5) is 19.0. The number of rotatable bonds is 6. The van der Waals surface area contributed by atoms with Gasteiger partial charge in [-0.05, 0) is 36.8 Å². The lowest BCUT2D eigenvalue weighted by atomic mass is 10.2. The van der Waals surface area contributed by atoms with Gasteiger partial charge in [0.2, 0.25) is 0 Å². The van der Waals surface area contributed by atoms with Gasteiger partial charge in [0, 0.05) is 31.7 Å². The fourth-order valence-electron chi connectivity index (χ4n) is 2.71. The molecule has 6 heteroatoms. The van der Waals surface area contributed by atoms with Gasteiger partial charge < -0.3 is 20.3 Å². The van der Waals surface area contributed by atoms with Crippen LogP contribution in [0.5, 0.6) is 5.75 Å². The van der Waals surface area contributed by atoms with Gasteiger partial charge in [0.15, 0.2) is 0 Å². The minimum absolute atomic E-state index is 0.190. The molecular weight excluding hydrogens is 316 g/mol. The van der Waals surface area contributed by atoms with Crippen LogP contribution in [0.1, 0.15) is 23.7 Å². The number of anilines is 2. The molecule has 1 aromatic carbocycles. The normalized spacial score (nSPS) is 14.2. The highest BCUT2D eigenvalue weighted by atomic mass is 16.5. The third-order valence-corrected chi connectivity index (χ3v) is 4.04. The maximum atomic E-state index is 12.4. The van der Waals surface area contributed by atoms with Crippen LogP contribution in [-0.4, -0.2) is 43.7 Å². The van der Waals surface area contributed by atoms with Crippen LogP contribution in [0.2, 0.25) is 0 Å². The monoisotopic (exact) mass is 340 g/mol. The second-order valence-electron chi connectivity index (χ2n) is 5.97. The van der Waals surface area contributed by atoms with E-state index in [-0.39, 0.29) is 5.91 Å². The van der Waals surface area contributed by atoms with Crippen molar-refractivity contribution in [1.82, 2.24) is 10.3 Å². The van der Waals surface area contributed by atoms with Crippen LogP contribution in [-0.2, 0) is 0 Å². The van der Waals surface area contributed by atoms with E-state index in [1.54, 1.807) is 12.1 Å². The SMILES string of the molecule is CCCOc1cccc(C(=O)Nc2ccc(N3CCNCC3)cn2)c1. The molecule has 0 saturated carbocycles. The molecule has 0 spiro atoms. The molecule has 3 rings (SSSR count). The van der Waals surface area contributed by atoms with Crippen LogP contribution in [0.25, 0.3) is 0 Å². The van der Waals surface area contributed by atoms with Crippen molar-refractivity contribution >= 4 is 17.4 Å². The Balaban J connectivity index is 1.62. The zero-order valence-corrected chi connectivity index (χ0v) is 14.5. The van der Waals surface area contributed by atoms with Gasteiger partial charge >= 0.3 is 0 Å². The van der Waals surface area contributed by atoms with Crippen molar-refractivity contribution in [2.75, 3.05) is 43.0 Å². The Bertz CT molecular complexity index is 697. The number of benzene rings is 1. The number of pyridine rings is 1. The predicted molar refractivity (Wildman–Crippen MR) is 99.5 cm³/mol. The number of carbonyl (C=O) groups excluding carboxylic acids is 1. The van der Waals surface area contributed by atoms with E-state index in [4.69, 9.17) is 4.74 Å². The second-order valence-corrected chi connectivity index (χ2v) is 5.97. The molecule has 0 atom stereocenters. The van der Waals surface area contributed by atoms with Gasteiger partial charge in [-0.25, -0.2) is 4.98 Å². The summed E-state index contributed by atoms with van der Waals surface area (Å²) < 4.78 is 5.57. The number of aromatic nitrogens is 1. The third kappa shape index (κ3) is 4.70. The molecule has 1 amide bonds. The Morgan fingerprint density at radius 1 is 1.28 bits per heavy atom. The number of amides is 1. The summed E-state index contributed by atoms with van der Waals surface area (Å²) in [6.45, 7) is 6.59. The Hall–Kier alpha value is -2.60. The first-order valence-electron chi connectivity index (χ1n) is 8.72. The average molecular weight is 340 g/mol. The highest BCUT2D eigenvalue weighted by Gasteiger charge is 2.12. The number of ether oxygens (including phenoxy) is 1. The van der Waals surface area contributed by atoms with Gasteiger partial charge in [0.25, 0.3) is 5.91 Å². The topological polar surface area (TPSA) is 66.5 Å². The van der Waals surface area contributed by atoms with Crippen molar-refractivity contribution in [3.05, 3.63) is 48.2 Å². The lowest BCUT2D eigenvalue weighted by molar-refractivity contribution is 0.102. The molecule has 0 unspecified atom stereocenters. The van der Waals surface area contributed by atoms with E-state index in [0.29, 0.717) is 23.7 Å². The smallest absolute Gasteiger partial charge is 0.256 e. The highest BCUT2D eigenvalue weighted by molar-refractivity contribution is 6.04. The van der Waals surface area contributed by atoms with E-state index in [2.05, 4.69) is 20.5 Å². The minimum atomic E-state index is -0.190. The van der Waals surface area contributed by atoms with E-state index in [1.165, 1.54) is 0 Å². The van der Waals surface area contributed by atoms with Crippen LogP contribution < -0.4 is 20.3 Å². The maximum absolute atomic E-state index is 12.4. The summed E-state index contributed by atoms with van der Waals surface area (Å²) >= 11 is 0. The van der Waals surface area contributed by atoms with Crippen molar-refractivity contribution in [3.8, 4) is 5.75 Å². The van der Waals surface area contributed by atoms with Crippen molar-refractivity contribution < 1.29 is 9.53 Å². The van der Waals surface area contributed by atoms with E-state index in [0.717, 1.165) is 38.3 Å². The van der Waals surface area contributed by atoms with Gasteiger partial charge in [-0.3, -0.25) is 4.79 Å². The Morgan fingerprint density at radius 3 is 2.84 bits per heavy atom. The molecule has 0 radical (unpaired) electrons. The first-order chi connectivity index (χ1) is 12.3. The zero-order valence-electron chi connectivity index (χ0n) is 14.5. The lowest BCUT2D eigenvalue weighted by Gasteiger charge is -2.29. The van der Waals surface area contributed by atoms with E-state index in [9.17, 15) is 4.79 Å². The predicted octanol–water partition coefficient (Wildman–Crippen LogP) is 2.53. The van der Waals surface area contributed by atoms with Gasteiger partial charge in [0.05, 0.1) is 18.5 Å². The summed E-state index contributed by atoms with van der Waals surface area (Å²) in [6.07, 6.45) is 2.74. The van der Waals surface area contributed by atoms with Crippen LogP contribution in [0.3, 0.4) is 0 Å². The molecule has 6 nitrogen and oxygen atoms in total. The second kappa shape index (κ2) is 8.48. The first-order valence-corrected chi connectivity index (χ1v) is 8.72. The van der Waals surface area contributed by atoms with Gasteiger partial charge in [-0.2, -0.15) is 0 Å². The van der Waals surface area contributed by atoms with E-state index < -0.39 is 0 Å². The quantitative estimate of drug-likeness (QED) is 0.846. The van der Waals surface area contributed by atoms with E-state index >= 15 is 0 Å². The zero-order chi connectivity index (χ0) is 17.5. The summed E-state index contributed by atoms with van der Waals surface area (Å²) in [7, 11) is 0. The number of nitrogens with one attached hydrogen (secondary N) is 2. The number of piperazine rings is 1. The minimum Gasteiger partial charge on any atom is -0.494 e. The van der Waals surface area contributed by atoms with Crippen LogP contribution in [0.4, 0.5) is 11.5 Å². The summed E-state index contributed by atoms with van der Waals surface area (Å²) in [5.74, 6) is 1.06. The fourth-order valence-corrected chi connectivity index (χ4v) is 2.71. The summed E-state index contributed by atoms with van der Waals surface area (Å²) in [5.41, 5.74) is 1.64. The Morgan fingerprint density at radius 2 is 2.12 bits per heavy atom. The molecule has 132 valence electrons. The molecule has 1 aliphatic heterocycles. The molecule has 0 aliphatic carbocycles. The van der Waals surface area contributed by atoms with Crippen molar-refractivity contribution in [2.45, 2.75) is 13.3 Å². The molecule has 1 saturated heterocycles.